The fourth-order valence-corrected chi connectivity index (χ4v) is 5.15. The number of amides is 1. The van der Waals surface area contributed by atoms with Crippen molar-refractivity contribution in [3.8, 4) is 0 Å². The van der Waals surface area contributed by atoms with Gasteiger partial charge in [-0.25, -0.2) is 0 Å². The molecular weight excluding hydrogens is 488 g/mol. The van der Waals surface area contributed by atoms with Crippen LogP contribution in [0.15, 0.2) is 24.3 Å². The maximum absolute atomic E-state index is 10.5. The number of hydrogen-bond acceptors (Lipinski definition) is 3. The molecule has 0 radical (unpaired) electrons. The van der Waals surface area contributed by atoms with E-state index in [4.69, 9.17) is 12.2 Å². The molecule has 5 nitrogen and oxygen atoms in total. The summed E-state index contributed by atoms with van der Waals surface area (Å²) < 4.78 is 0. The van der Waals surface area contributed by atoms with Crippen LogP contribution in [0.25, 0.3) is 0 Å². The van der Waals surface area contributed by atoms with Crippen LogP contribution >= 0.6 is 12.2 Å². The summed E-state index contributed by atoms with van der Waals surface area (Å²) in [6.45, 7) is 6.62. The second-order valence-corrected chi connectivity index (χ2v) is 11.1. The first kappa shape index (κ1) is 34.2. The molecule has 1 aromatic rings. The number of unbranched alkanes of at least 4 members (excludes halogenated alkanes) is 18. The maximum atomic E-state index is 10.5. The van der Waals surface area contributed by atoms with E-state index in [-0.39, 0.29) is 0 Å². The molecule has 0 saturated heterocycles. The highest BCUT2D eigenvalue weighted by Crippen LogP contribution is 2.16. The van der Waals surface area contributed by atoms with E-state index in [1.165, 1.54) is 128 Å². The molecule has 38 heavy (non-hydrogen) atoms. The number of rotatable bonds is 26. The summed E-state index contributed by atoms with van der Waals surface area (Å²) >= 11 is 5.84. The van der Waals surface area contributed by atoms with Crippen LogP contribution in [0.1, 0.15) is 142 Å². The van der Waals surface area contributed by atoms with Gasteiger partial charge in [-0.2, -0.15) is 0 Å². The Morgan fingerprint density at radius 2 is 1.00 bits per heavy atom. The molecular formula is C32H58N4OS. The van der Waals surface area contributed by atoms with Crippen molar-refractivity contribution in [2.75, 3.05) is 23.8 Å². The number of hydrogen-bond donors (Lipinski definition) is 3. The number of benzene rings is 1. The van der Waals surface area contributed by atoms with E-state index in [0.717, 1.165) is 29.6 Å². The molecule has 6 heteroatoms. The Labute approximate surface area is 240 Å². The summed E-state index contributed by atoms with van der Waals surface area (Å²) in [7, 11) is 0. The third-order valence-electron chi connectivity index (χ3n) is 7.26. The Bertz CT molecular complexity index is 659. The second kappa shape index (κ2) is 25.5. The normalized spacial score (nSPS) is 10.8. The quantitative estimate of drug-likeness (QED) is 0.0467. The minimum Gasteiger partial charge on any atom is -0.349 e. The van der Waals surface area contributed by atoms with Crippen molar-refractivity contribution < 1.29 is 4.79 Å². The van der Waals surface area contributed by atoms with E-state index in [2.05, 4.69) is 34.9 Å². The molecule has 0 aromatic heterocycles. The highest BCUT2D eigenvalue weighted by Gasteiger charge is 2.10. The summed E-state index contributed by atoms with van der Waals surface area (Å²) in [6, 6.07) is 7.83. The average Bonchev–Trinajstić information content (AvgIpc) is 2.93. The number of nitrogens with one attached hydrogen (secondary N) is 3. The molecule has 0 spiro atoms. The smallest absolute Gasteiger partial charge is 0.225 e. The average molecular weight is 547 g/mol. The molecule has 218 valence electrons. The fourth-order valence-electron chi connectivity index (χ4n) is 4.85. The minimum atomic E-state index is 0.625. The van der Waals surface area contributed by atoms with E-state index in [0.29, 0.717) is 6.41 Å². The van der Waals surface area contributed by atoms with Crippen LogP contribution in [0.2, 0.25) is 0 Å². The van der Waals surface area contributed by atoms with Crippen LogP contribution in [-0.2, 0) is 4.79 Å². The van der Waals surface area contributed by atoms with Gasteiger partial charge in [-0.15, -0.1) is 0 Å². The van der Waals surface area contributed by atoms with E-state index in [9.17, 15) is 4.79 Å². The lowest BCUT2D eigenvalue weighted by Crippen LogP contribution is -2.36. The molecule has 1 amide bonds. The molecule has 3 N–H and O–H groups in total. The Morgan fingerprint density at radius 3 is 1.39 bits per heavy atom. The summed E-state index contributed by atoms with van der Waals surface area (Å²) in [5.74, 6) is 0. The van der Waals surface area contributed by atoms with Crippen LogP contribution in [0.3, 0.4) is 0 Å². The SMILES string of the molecule is CCCCCCCCCCCCN(CCCCCCCCCCCC)C(=S)Nc1ccc(NNC=O)cc1. The van der Waals surface area contributed by atoms with Gasteiger partial charge in [0.05, 0.1) is 5.69 Å². The molecule has 0 bridgehead atoms. The van der Waals surface area contributed by atoms with Gasteiger partial charge in [0.1, 0.15) is 0 Å². The first-order valence-corrected chi connectivity index (χ1v) is 16.2. The number of thiocarbonyl (C=S) groups is 1. The molecule has 0 saturated carbocycles. The number of carbonyl (C=O) groups excluding carboxylic acids is 1. The van der Waals surface area contributed by atoms with Crippen molar-refractivity contribution in [3.63, 3.8) is 0 Å². The molecule has 0 aliphatic heterocycles. The highest BCUT2D eigenvalue weighted by molar-refractivity contribution is 7.80. The van der Waals surface area contributed by atoms with Crippen molar-refractivity contribution in [2.24, 2.45) is 0 Å². The minimum absolute atomic E-state index is 0.625. The van der Waals surface area contributed by atoms with E-state index in [1.54, 1.807) is 0 Å². The molecule has 0 aliphatic rings. The third-order valence-corrected chi connectivity index (χ3v) is 7.62. The summed E-state index contributed by atoms with van der Waals surface area (Å²) in [5.41, 5.74) is 7.10. The largest absolute Gasteiger partial charge is 0.349 e. The van der Waals surface area contributed by atoms with Gasteiger partial charge in [0.25, 0.3) is 0 Å². The van der Waals surface area contributed by atoms with Gasteiger partial charge in [-0.05, 0) is 49.3 Å². The van der Waals surface area contributed by atoms with Gasteiger partial charge in [-0.3, -0.25) is 15.6 Å². The van der Waals surface area contributed by atoms with Crippen LogP contribution < -0.4 is 16.2 Å². The zero-order chi connectivity index (χ0) is 27.5. The Morgan fingerprint density at radius 1 is 0.632 bits per heavy atom. The van der Waals surface area contributed by atoms with Crippen molar-refractivity contribution in [1.29, 1.82) is 0 Å². The molecule has 0 heterocycles. The molecule has 0 atom stereocenters. The first-order chi connectivity index (χ1) is 18.7. The van der Waals surface area contributed by atoms with Gasteiger partial charge >= 0.3 is 0 Å². The number of nitrogens with zero attached hydrogens (tertiary/aromatic N) is 1. The zero-order valence-electron chi connectivity index (χ0n) is 24.7. The molecule has 0 unspecified atom stereocenters. The van der Waals surface area contributed by atoms with Gasteiger partial charge in [-0.1, -0.05) is 129 Å². The molecule has 0 aliphatic carbocycles. The lowest BCUT2D eigenvalue weighted by Gasteiger charge is -2.26. The van der Waals surface area contributed by atoms with Gasteiger partial charge in [0, 0.05) is 18.8 Å². The van der Waals surface area contributed by atoms with E-state index >= 15 is 0 Å². The molecule has 1 aromatic carbocycles. The molecule has 1 rings (SSSR count). The maximum Gasteiger partial charge on any atom is 0.225 e. The standard InChI is InChI=1S/C32H58N4OS/c1-3-5-7-9-11-13-15-17-19-21-27-36(28-22-20-18-16-14-12-10-8-6-4-2)32(38)34-30-23-25-31(26-24-30)35-33-29-37/h23-26,29,35H,3-22,27-28H2,1-2H3,(H,33,37)(H,34,38). The topological polar surface area (TPSA) is 56.4 Å². The number of anilines is 2. The lowest BCUT2D eigenvalue weighted by atomic mass is 10.1. The van der Waals surface area contributed by atoms with Crippen LogP contribution in [0, 0.1) is 0 Å². The second-order valence-electron chi connectivity index (χ2n) is 10.7. The van der Waals surface area contributed by atoms with Crippen molar-refractivity contribution in [1.82, 2.24) is 10.3 Å². The Kier molecular flexibility index (Phi) is 22.9. The predicted molar refractivity (Wildman–Crippen MR) is 171 cm³/mol. The highest BCUT2D eigenvalue weighted by atomic mass is 32.1. The fraction of sp³-hybridized carbons (Fsp3) is 0.750. The third kappa shape index (κ3) is 19.3. The summed E-state index contributed by atoms with van der Waals surface area (Å²) in [4.78, 5) is 12.9. The van der Waals surface area contributed by atoms with Crippen LogP contribution in [0.4, 0.5) is 11.4 Å². The monoisotopic (exact) mass is 546 g/mol. The van der Waals surface area contributed by atoms with Crippen molar-refractivity contribution in [3.05, 3.63) is 24.3 Å². The van der Waals surface area contributed by atoms with Crippen molar-refractivity contribution >= 4 is 35.1 Å². The summed E-state index contributed by atoms with van der Waals surface area (Å²) in [6.07, 6.45) is 27.7. The first-order valence-electron chi connectivity index (χ1n) is 15.8. The van der Waals surface area contributed by atoms with E-state index in [1.807, 2.05) is 24.3 Å². The van der Waals surface area contributed by atoms with Gasteiger partial charge < -0.3 is 10.2 Å². The van der Waals surface area contributed by atoms with E-state index < -0.39 is 0 Å². The zero-order valence-corrected chi connectivity index (χ0v) is 25.5. The van der Waals surface area contributed by atoms with Gasteiger partial charge in [0.2, 0.25) is 6.41 Å². The lowest BCUT2D eigenvalue weighted by molar-refractivity contribution is -0.109. The Hall–Kier alpha value is -1.82. The molecule has 0 fully saturated rings. The van der Waals surface area contributed by atoms with Crippen LogP contribution in [0.5, 0.6) is 0 Å². The van der Waals surface area contributed by atoms with Gasteiger partial charge in [0.15, 0.2) is 5.11 Å². The number of carbonyl (C=O) groups is 1. The van der Waals surface area contributed by atoms with Crippen LogP contribution in [-0.4, -0.2) is 29.5 Å². The van der Waals surface area contributed by atoms with Crippen molar-refractivity contribution in [2.45, 2.75) is 142 Å². The number of hydrazine groups is 1. The Balaban J connectivity index is 2.37. The summed E-state index contributed by atoms with van der Waals surface area (Å²) in [5, 5.41) is 4.26. The predicted octanol–water partition coefficient (Wildman–Crippen LogP) is 9.60.